The minimum atomic E-state index is -0.213. The van der Waals surface area contributed by atoms with Crippen LogP contribution in [0.1, 0.15) is 28.2 Å². The van der Waals surface area contributed by atoms with Gasteiger partial charge in [-0.15, -0.1) is 10.2 Å². The Hall–Kier alpha value is -2.41. The van der Waals surface area contributed by atoms with Crippen molar-refractivity contribution in [1.82, 2.24) is 20.1 Å². The molecule has 0 aliphatic heterocycles. The van der Waals surface area contributed by atoms with Gasteiger partial charge in [-0.2, -0.15) is 0 Å². The van der Waals surface area contributed by atoms with E-state index in [9.17, 15) is 9.90 Å². The highest BCUT2D eigenvalue weighted by atomic mass is 16.5. The van der Waals surface area contributed by atoms with Crippen LogP contribution < -0.4 is 5.32 Å². The maximum atomic E-state index is 12.1. The number of carbonyl (C=O) groups is 1. The number of hydrogen-bond donors (Lipinski definition) is 2. The predicted molar refractivity (Wildman–Crippen MR) is 80.5 cm³/mol. The topological polar surface area (TPSA) is 89.3 Å². The van der Waals surface area contributed by atoms with Crippen LogP contribution in [0.2, 0.25) is 0 Å². The number of aryl methyl sites for hydroxylation is 2. The van der Waals surface area contributed by atoms with E-state index in [0.29, 0.717) is 30.1 Å². The summed E-state index contributed by atoms with van der Waals surface area (Å²) >= 11 is 0. The first-order valence-corrected chi connectivity index (χ1v) is 7.05. The van der Waals surface area contributed by atoms with Gasteiger partial charge in [-0.1, -0.05) is 0 Å². The summed E-state index contributed by atoms with van der Waals surface area (Å²) in [6.45, 7) is 3.45. The maximum Gasteiger partial charge on any atom is 0.251 e. The van der Waals surface area contributed by atoms with Crippen molar-refractivity contribution in [3.05, 3.63) is 41.5 Å². The van der Waals surface area contributed by atoms with Crippen molar-refractivity contribution in [2.24, 2.45) is 0 Å². The number of methoxy groups -OCH3 is 1. The van der Waals surface area contributed by atoms with E-state index in [2.05, 4.69) is 15.5 Å². The molecule has 0 fully saturated rings. The lowest BCUT2D eigenvalue weighted by molar-refractivity contribution is 0.0949. The molecule has 0 bridgehead atoms. The number of rotatable bonds is 7. The van der Waals surface area contributed by atoms with Crippen LogP contribution in [0.15, 0.2) is 24.5 Å². The Bertz CT molecular complexity index is 639. The predicted octanol–water partition coefficient (Wildman–Crippen LogP) is 1.26. The van der Waals surface area contributed by atoms with Crippen molar-refractivity contribution in [3.63, 3.8) is 0 Å². The Labute approximate surface area is 128 Å². The molecule has 1 heterocycles. The molecular weight excluding hydrogens is 284 g/mol. The fraction of sp³-hybridized carbons (Fsp3) is 0.400. The number of phenolic OH excluding ortho intramolecular Hbond substituents is 1. The number of benzene rings is 1. The monoisotopic (exact) mass is 304 g/mol. The molecule has 0 radical (unpaired) electrons. The Balaban J connectivity index is 1.93. The number of carbonyl (C=O) groups excluding carboxylic acids is 1. The zero-order chi connectivity index (χ0) is 15.9. The summed E-state index contributed by atoms with van der Waals surface area (Å²) in [5, 5.41) is 20.2. The standard InChI is InChI=1S/C15H20N4O3/c1-11-8-12(4-5-13(11)20)15(21)16-9-14-18-17-10-19(14)6-3-7-22-2/h4-5,8,10,20H,3,6-7,9H2,1-2H3,(H,16,21). The van der Waals surface area contributed by atoms with Crippen molar-refractivity contribution in [2.75, 3.05) is 13.7 Å². The molecule has 22 heavy (non-hydrogen) atoms. The highest BCUT2D eigenvalue weighted by Crippen LogP contribution is 2.16. The Morgan fingerprint density at radius 2 is 2.27 bits per heavy atom. The number of phenols is 1. The summed E-state index contributed by atoms with van der Waals surface area (Å²) in [6.07, 6.45) is 2.49. The van der Waals surface area contributed by atoms with Crippen molar-refractivity contribution in [2.45, 2.75) is 26.4 Å². The lowest BCUT2D eigenvalue weighted by atomic mass is 10.1. The first kappa shape index (κ1) is 16.0. The summed E-state index contributed by atoms with van der Waals surface area (Å²) in [5.41, 5.74) is 1.16. The molecule has 1 aromatic heterocycles. The number of nitrogens with one attached hydrogen (secondary N) is 1. The van der Waals surface area contributed by atoms with Gasteiger partial charge >= 0.3 is 0 Å². The van der Waals surface area contributed by atoms with Gasteiger partial charge < -0.3 is 19.7 Å². The molecule has 0 aliphatic carbocycles. The molecule has 0 atom stereocenters. The smallest absolute Gasteiger partial charge is 0.251 e. The number of nitrogens with zero attached hydrogens (tertiary/aromatic N) is 3. The summed E-state index contributed by atoms with van der Waals surface area (Å²) in [6, 6.07) is 4.74. The largest absolute Gasteiger partial charge is 0.508 e. The molecule has 0 unspecified atom stereocenters. The van der Waals surface area contributed by atoms with E-state index in [-0.39, 0.29) is 11.7 Å². The number of hydrogen-bond acceptors (Lipinski definition) is 5. The third kappa shape index (κ3) is 4.05. The zero-order valence-corrected chi connectivity index (χ0v) is 12.7. The van der Waals surface area contributed by atoms with Gasteiger partial charge in [-0.05, 0) is 37.1 Å². The Morgan fingerprint density at radius 1 is 1.45 bits per heavy atom. The third-order valence-electron chi connectivity index (χ3n) is 3.31. The average molecular weight is 304 g/mol. The minimum Gasteiger partial charge on any atom is -0.508 e. The van der Waals surface area contributed by atoms with E-state index < -0.39 is 0 Å². The maximum absolute atomic E-state index is 12.1. The molecule has 0 spiro atoms. The molecule has 2 rings (SSSR count). The van der Waals surface area contributed by atoms with Crippen molar-refractivity contribution < 1.29 is 14.6 Å². The van der Waals surface area contributed by atoms with Crippen molar-refractivity contribution in [1.29, 1.82) is 0 Å². The number of aromatic nitrogens is 3. The van der Waals surface area contributed by atoms with E-state index in [1.165, 1.54) is 6.07 Å². The summed E-state index contributed by atoms with van der Waals surface area (Å²) in [5.74, 6) is 0.656. The Kier molecular flexibility index (Phi) is 5.48. The molecule has 0 saturated heterocycles. The molecule has 1 aromatic carbocycles. The molecule has 1 amide bonds. The van der Waals surface area contributed by atoms with E-state index >= 15 is 0 Å². The normalized spacial score (nSPS) is 10.6. The second-order valence-electron chi connectivity index (χ2n) is 4.97. The van der Waals surface area contributed by atoms with Gasteiger partial charge in [0, 0.05) is 25.8 Å². The van der Waals surface area contributed by atoms with Gasteiger partial charge in [0.1, 0.15) is 12.1 Å². The van der Waals surface area contributed by atoms with Gasteiger partial charge in [0.25, 0.3) is 5.91 Å². The molecule has 7 heteroatoms. The van der Waals surface area contributed by atoms with Crippen LogP contribution >= 0.6 is 0 Å². The first-order chi connectivity index (χ1) is 10.6. The van der Waals surface area contributed by atoms with Crippen LogP contribution in [0.5, 0.6) is 5.75 Å². The lowest BCUT2D eigenvalue weighted by Gasteiger charge is -2.08. The first-order valence-electron chi connectivity index (χ1n) is 7.05. The highest BCUT2D eigenvalue weighted by Gasteiger charge is 2.10. The van der Waals surface area contributed by atoms with Crippen LogP contribution in [0, 0.1) is 6.92 Å². The van der Waals surface area contributed by atoms with Crippen LogP contribution in [-0.2, 0) is 17.8 Å². The van der Waals surface area contributed by atoms with Crippen LogP contribution in [0.4, 0.5) is 0 Å². The van der Waals surface area contributed by atoms with Crippen LogP contribution in [0.25, 0.3) is 0 Å². The molecule has 7 nitrogen and oxygen atoms in total. The summed E-state index contributed by atoms with van der Waals surface area (Å²) < 4.78 is 6.90. The summed E-state index contributed by atoms with van der Waals surface area (Å²) in [4.78, 5) is 12.1. The van der Waals surface area contributed by atoms with Gasteiger partial charge in [-0.25, -0.2) is 0 Å². The lowest BCUT2D eigenvalue weighted by Crippen LogP contribution is -2.25. The van der Waals surface area contributed by atoms with E-state index in [1.54, 1.807) is 32.5 Å². The second kappa shape index (κ2) is 7.56. The van der Waals surface area contributed by atoms with Gasteiger partial charge in [0.2, 0.25) is 0 Å². The molecule has 0 aliphatic rings. The Morgan fingerprint density at radius 3 is 3.00 bits per heavy atom. The van der Waals surface area contributed by atoms with Gasteiger partial charge in [0.05, 0.1) is 6.54 Å². The molecule has 118 valence electrons. The molecular formula is C15H20N4O3. The number of amides is 1. The molecule has 2 N–H and O–H groups in total. The zero-order valence-electron chi connectivity index (χ0n) is 12.7. The second-order valence-corrected chi connectivity index (χ2v) is 4.97. The SMILES string of the molecule is COCCCn1cnnc1CNC(=O)c1ccc(O)c(C)c1. The van der Waals surface area contributed by atoms with Crippen LogP contribution in [0.3, 0.4) is 0 Å². The average Bonchev–Trinajstić information content (AvgIpc) is 2.95. The third-order valence-corrected chi connectivity index (χ3v) is 3.31. The minimum absolute atomic E-state index is 0.175. The van der Waals surface area contributed by atoms with E-state index in [0.717, 1.165) is 13.0 Å². The quantitative estimate of drug-likeness (QED) is 0.752. The van der Waals surface area contributed by atoms with Crippen molar-refractivity contribution >= 4 is 5.91 Å². The number of aromatic hydroxyl groups is 1. The van der Waals surface area contributed by atoms with Gasteiger partial charge in [-0.3, -0.25) is 4.79 Å². The van der Waals surface area contributed by atoms with E-state index in [4.69, 9.17) is 4.74 Å². The molecule has 0 saturated carbocycles. The van der Waals surface area contributed by atoms with Gasteiger partial charge in [0.15, 0.2) is 5.82 Å². The van der Waals surface area contributed by atoms with Crippen molar-refractivity contribution in [3.8, 4) is 5.75 Å². The highest BCUT2D eigenvalue weighted by molar-refractivity contribution is 5.94. The fourth-order valence-corrected chi connectivity index (χ4v) is 2.04. The van der Waals surface area contributed by atoms with E-state index in [1.807, 2.05) is 4.57 Å². The fourth-order valence-electron chi connectivity index (χ4n) is 2.04. The summed E-state index contributed by atoms with van der Waals surface area (Å²) in [7, 11) is 1.66. The van der Waals surface area contributed by atoms with Crippen LogP contribution in [-0.4, -0.2) is 39.5 Å². The molecule has 2 aromatic rings. The number of ether oxygens (including phenoxy) is 1.